The zero-order valence-corrected chi connectivity index (χ0v) is 24.5. The number of halogens is 3. The number of nitrogens with zero attached hydrogens (tertiary/aromatic N) is 1. The summed E-state index contributed by atoms with van der Waals surface area (Å²) in [4.78, 5) is 4.64. The minimum atomic E-state index is -4.43. The predicted molar refractivity (Wildman–Crippen MR) is 140 cm³/mol. The fourth-order valence-electron chi connectivity index (χ4n) is 4.72. The smallest absolute Gasteiger partial charge is 0.410 e. The van der Waals surface area contributed by atoms with Crippen molar-refractivity contribution in [2.75, 3.05) is 0 Å². The van der Waals surface area contributed by atoms with Crippen LogP contribution in [0.2, 0.25) is 18.1 Å². The predicted octanol–water partition coefficient (Wildman–Crippen LogP) is 8.71. The van der Waals surface area contributed by atoms with Crippen LogP contribution in [0.5, 0.6) is 0 Å². The molecule has 1 aliphatic rings. The van der Waals surface area contributed by atoms with Gasteiger partial charge in [0.2, 0.25) is 0 Å². The number of fused-ring (bicyclic) bond motifs is 1. The van der Waals surface area contributed by atoms with Gasteiger partial charge in [0.15, 0.2) is 8.32 Å². The van der Waals surface area contributed by atoms with Crippen molar-refractivity contribution in [3.8, 4) is 0 Å². The number of aromatic nitrogens is 1. The van der Waals surface area contributed by atoms with Gasteiger partial charge in [-0.15, -0.1) is 11.3 Å². The van der Waals surface area contributed by atoms with Gasteiger partial charge in [0.1, 0.15) is 11.0 Å². The van der Waals surface area contributed by atoms with E-state index in [0.29, 0.717) is 16.9 Å². The fourth-order valence-corrected chi connectivity index (χ4v) is 6.86. The summed E-state index contributed by atoms with van der Waals surface area (Å²) < 4.78 is 46.7. The van der Waals surface area contributed by atoms with Gasteiger partial charge < -0.3 is 9.53 Å². The van der Waals surface area contributed by atoms with E-state index in [0.717, 1.165) is 41.4 Å². The lowest BCUT2D eigenvalue weighted by Gasteiger charge is -2.45. The molecule has 2 heterocycles. The summed E-state index contributed by atoms with van der Waals surface area (Å²) >= 11 is 0.596. The molecule has 0 radical (unpaired) electrons. The summed E-state index contributed by atoms with van der Waals surface area (Å²) in [7, 11) is -2.12. The van der Waals surface area contributed by atoms with Gasteiger partial charge in [-0.2, -0.15) is 13.2 Å². The lowest BCUT2D eigenvalue weighted by atomic mass is 9.72. The standard InChI is InChI=1S/C27H40F3NO2SSi/c1-15(2)23-22(24(32)19-11-12-20(34-19)27(28,29)30)16(3)21-17(31-23)13-26(7,8)14-18(21)33-35(9,10)25(4,5)6/h11-12,15,18,24,32H,13-14H2,1-10H3/t18-,24-/m0/s1. The zero-order valence-electron chi connectivity index (χ0n) is 22.6. The first-order chi connectivity index (χ1) is 15.7. The molecule has 2 aromatic heterocycles. The van der Waals surface area contributed by atoms with Gasteiger partial charge in [-0.1, -0.05) is 48.5 Å². The van der Waals surface area contributed by atoms with Gasteiger partial charge in [0.05, 0.1) is 6.10 Å². The van der Waals surface area contributed by atoms with E-state index >= 15 is 0 Å². The molecule has 0 aliphatic heterocycles. The minimum absolute atomic E-state index is 0.00319. The van der Waals surface area contributed by atoms with Gasteiger partial charge in [-0.25, -0.2) is 0 Å². The van der Waals surface area contributed by atoms with Crippen LogP contribution in [0.1, 0.15) is 111 Å². The van der Waals surface area contributed by atoms with E-state index in [1.807, 2.05) is 20.8 Å². The molecule has 0 bridgehead atoms. The van der Waals surface area contributed by atoms with Crippen LogP contribution >= 0.6 is 11.3 Å². The summed E-state index contributed by atoms with van der Waals surface area (Å²) in [5, 5.41) is 11.4. The van der Waals surface area contributed by atoms with Crippen LogP contribution in [0.3, 0.4) is 0 Å². The maximum atomic E-state index is 13.3. The molecule has 3 rings (SSSR count). The molecule has 0 aromatic carbocycles. The molecule has 2 aromatic rings. The van der Waals surface area contributed by atoms with Crippen LogP contribution in [-0.2, 0) is 17.0 Å². The number of aliphatic hydroxyl groups is 1. The second-order valence-electron chi connectivity index (χ2n) is 12.6. The lowest BCUT2D eigenvalue weighted by molar-refractivity contribution is -0.134. The summed E-state index contributed by atoms with van der Waals surface area (Å²) in [6.07, 6.45) is -4.13. The van der Waals surface area contributed by atoms with E-state index in [1.165, 1.54) is 6.07 Å². The fraction of sp³-hybridized carbons (Fsp3) is 0.667. The third kappa shape index (κ3) is 5.70. The average molecular weight is 528 g/mol. The Labute approximate surface area is 213 Å². The molecule has 196 valence electrons. The Bertz CT molecular complexity index is 1080. The van der Waals surface area contributed by atoms with E-state index in [4.69, 9.17) is 9.41 Å². The van der Waals surface area contributed by atoms with Crippen molar-refractivity contribution in [1.29, 1.82) is 0 Å². The van der Waals surface area contributed by atoms with Gasteiger partial charge >= 0.3 is 6.18 Å². The topological polar surface area (TPSA) is 42.4 Å². The van der Waals surface area contributed by atoms with Crippen LogP contribution < -0.4 is 0 Å². The molecule has 3 nitrogen and oxygen atoms in total. The lowest BCUT2D eigenvalue weighted by Crippen LogP contribution is -2.44. The van der Waals surface area contributed by atoms with Crippen molar-refractivity contribution in [2.24, 2.45) is 5.41 Å². The number of pyridine rings is 1. The summed E-state index contributed by atoms with van der Waals surface area (Å²) in [6, 6.07) is 2.43. The Balaban J connectivity index is 2.20. The maximum absolute atomic E-state index is 13.3. The highest BCUT2D eigenvalue weighted by Gasteiger charge is 2.44. The number of alkyl halides is 3. The van der Waals surface area contributed by atoms with Crippen molar-refractivity contribution < 1.29 is 22.7 Å². The van der Waals surface area contributed by atoms with E-state index in [1.54, 1.807) is 0 Å². The highest BCUT2D eigenvalue weighted by Crippen LogP contribution is 2.50. The van der Waals surface area contributed by atoms with Crippen LogP contribution in [0.25, 0.3) is 0 Å². The molecule has 1 N–H and O–H groups in total. The van der Waals surface area contributed by atoms with Crippen LogP contribution in [0, 0.1) is 12.3 Å². The highest BCUT2D eigenvalue weighted by atomic mass is 32.1. The third-order valence-electron chi connectivity index (χ3n) is 7.60. The van der Waals surface area contributed by atoms with Crippen molar-refractivity contribution in [2.45, 2.75) is 111 Å². The minimum Gasteiger partial charge on any atom is -0.410 e. The molecule has 0 saturated carbocycles. The van der Waals surface area contributed by atoms with Crippen molar-refractivity contribution in [3.05, 3.63) is 50.0 Å². The zero-order chi connectivity index (χ0) is 26.7. The molecule has 2 atom stereocenters. The van der Waals surface area contributed by atoms with Crippen LogP contribution in [0.4, 0.5) is 13.2 Å². The highest BCUT2D eigenvalue weighted by molar-refractivity contribution is 7.12. The molecule has 0 amide bonds. The second-order valence-corrected chi connectivity index (χ2v) is 18.4. The van der Waals surface area contributed by atoms with E-state index in [-0.39, 0.29) is 27.4 Å². The number of hydrogen-bond acceptors (Lipinski definition) is 4. The van der Waals surface area contributed by atoms with E-state index in [9.17, 15) is 18.3 Å². The van der Waals surface area contributed by atoms with Gasteiger partial charge in [0.25, 0.3) is 0 Å². The van der Waals surface area contributed by atoms with Crippen molar-refractivity contribution >= 4 is 19.7 Å². The van der Waals surface area contributed by atoms with Gasteiger partial charge in [-0.05, 0) is 66.9 Å². The molecular weight excluding hydrogens is 487 g/mol. The van der Waals surface area contributed by atoms with E-state index in [2.05, 4.69) is 47.7 Å². The number of thiophene rings is 1. The van der Waals surface area contributed by atoms with E-state index < -0.39 is 25.5 Å². The quantitative estimate of drug-likeness (QED) is 0.395. The second kappa shape index (κ2) is 9.26. The largest absolute Gasteiger partial charge is 0.425 e. The Morgan fingerprint density at radius 2 is 1.77 bits per heavy atom. The Hall–Kier alpha value is -1.22. The summed E-state index contributed by atoms with van der Waals surface area (Å²) in [5.74, 6) is 0.00972. The average Bonchev–Trinajstić information content (AvgIpc) is 3.15. The molecule has 1 aliphatic carbocycles. The Morgan fingerprint density at radius 1 is 1.17 bits per heavy atom. The molecule has 0 saturated heterocycles. The molecule has 35 heavy (non-hydrogen) atoms. The number of aliphatic hydroxyl groups excluding tert-OH is 1. The Kier molecular flexibility index (Phi) is 7.50. The summed E-state index contributed by atoms with van der Waals surface area (Å²) in [6.45, 7) is 21.6. The first-order valence-corrected chi connectivity index (χ1v) is 16.0. The molecule has 0 unspecified atom stereocenters. The maximum Gasteiger partial charge on any atom is 0.425 e. The Morgan fingerprint density at radius 3 is 2.26 bits per heavy atom. The first-order valence-electron chi connectivity index (χ1n) is 12.3. The molecule has 8 heteroatoms. The van der Waals surface area contributed by atoms with Crippen molar-refractivity contribution in [3.63, 3.8) is 0 Å². The molecular formula is C27H40F3NO2SSi. The molecule has 0 fully saturated rings. The monoisotopic (exact) mass is 527 g/mol. The SMILES string of the molecule is Cc1c([C@@H](O)c2ccc(C(F)(F)F)s2)c(C(C)C)nc2c1[C@@H](O[Si](C)(C)C(C)(C)C)CC(C)(C)C2. The van der Waals surface area contributed by atoms with Gasteiger partial charge in [-0.3, -0.25) is 4.98 Å². The normalized spacial score (nSPS) is 19.7. The first kappa shape index (κ1) is 28.3. The van der Waals surface area contributed by atoms with Crippen LogP contribution in [0.15, 0.2) is 12.1 Å². The summed E-state index contributed by atoms with van der Waals surface area (Å²) in [5.41, 5.74) is 4.28. The van der Waals surface area contributed by atoms with Gasteiger partial charge in [0, 0.05) is 27.4 Å². The third-order valence-corrected chi connectivity index (χ3v) is 13.3. The van der Waals surface area contributed by atoms with Crippen molar-refractivity contribution in [1.82, 2.24) is 4.98 Å². The molecule has 0 spiro atoms. The van der Waals surface area contributed by atoms with Crippen LogP contribution in [-0.4, -0.2) is 18.4 Å². The number of rotatable bonds is 5. The number of hydrogen-bond donors (Lipinski definition) is 1.